The van der Waals surface area contributed by atoms with E-state index in [0.29, 0.717) is 18.8 Å². The molecular formula is C12H23NO3. The van der Waals surface area contributed by atoms with Crippen LogP contribution in [0.2, 0.25) is 0 Å². The Morgan fingerprint density at radius 2 is 1.50 bits per heavy atom. The van der Waals surface area contributed by atoms with Crippen molar-refractivity contribution >= 4 is 5.91 Å². The zero-order valence-electron chi connectivity index (χ0n) is 10.9. The molecule has 0 aromatic heterocycles. The fraction of sp³-hybridized carbons (Fsp3) is 0.750. The van der Waals surface area contributed by atoms with Crippen molar-refractivity contribution in [2.24, 2.45) is 5.73 Å². The van der Waals surface area contributed by atoms with Gasteiger partial charge >= 0.3 is 0 Å². The molecule has 2 atom stereocenters. The number of hydrogen-bond acceptors (Lipinski definition) is 3. The van der Waals surface area contributed by atoms with Gasteiger partial charge in [0, 0.05) is 18.8 Å². The molecule has 0 spiro atoms. The minimum absolute atomic E-state index is 0.154. The summed E-state index contributed by atoms with van der Waals surface area (Å²) in [5.74, 6) is -0.423. The van der Waals surface area contributed by atoms with E-state index in [9.17, 15) is 4.79 Å². The molecule has 0 aromatic rings. The van der Waals surface area contributed by atoms with Gasteiger partial charge in [-0.05, 0) is 40.2 Å². The first kappa shape index (κ1) is 15.1. The first-order valence-corrected chi connectivity index (χ1v) is 5.69. The second-order valence-electron chi connectivity index (χ2n) is 3.64. The molecule has 0 heterocycles. The van der Waals surface area contributed by atoms with Crippen LogP contribution in [0.15, 0.2) is 11.1 Å². The molecule has 4 nitrogen and oxygen atoms in total. The molecule has 0 rings (SSSR count). The number of rotatable bonds is 7. The Bertz CT molecular complexity index is 247. The van der Waals surface area contributed by atoms with Crippen LogP contribution in [0.4, 0.5) is 0 Å². The fourth-order valence-electron chi connectivity index (χ4n) is 1.76. The normalized spacial score (nSPS) is 14.3. The van der Waals surface area contributed by atoms with E-state index >= 15 is 0 Å². The van der Waals surface area contributed by atoms with Gasteiger partial charge in [0.25, 0.3) is 0 Å². The predicted octanol–water partition coefficient (Wildman–Crippen LogP) is 1.64. The van der Waals surface area contributed by atoms with E-state index in [1.165, 1.54) is 0 Å². The highest BCUT2D eigenvalue weighted by atomic mass is 16.5. The average Bonchev–Trinajstić information content (AvgIpc) is 2.18. The van der Waals surface area contributed by atoms with Gasteiger partial charge < -0.3 is 15.2 Å². The van der Waals surface area contributed by atoms with E-state index in [4.69, 9.17) is 15.2 Å². The van der Waals surface area contributed by atoms with E-state index in [1.807, 2.05) is 27.7 Å². The maximum Gasteiger partial charge on any atom is 0.244 e. The Labute approximate surface area is 97.8 Å². The molecule has 1 amide bonds. The topological polar surface area (TPSA) is 61.5 Å². The minimum atomic E-state index is -0.423. The second kappa shape index (κ2) is 7.41. The largest absolute Gasteiger partial charge is 0.374 e. The van der Waals surface area contributed by atoms with Crippen LogP contribution >= 0.6 is 0 Å². The van der Waals surface area contributed by atoms with Gasteiger partial charge in [-0.2, -0.15) is 0 Å². The molecule has 0 fully saturated rings. The van der Waals surface area contributed by atoms with Gasteiger partial charge in [0.1, 0.15) is 0 Å². The number of ether oxygens (including phenoxy) is 2. The van der Waals surface area contributed by atoms with Gasteiger partial charge in [-0.1, -0.05) is 0 Å². The van der Waals surface area contributed by atoms with Crippen LogP contribution in [-0.4, -0.2) is 31.3 Å². The molecule has 0 radical (unpaired) electrons. The van der Waals surface area contributed by atoms with Crippen LogP contribution in [0.3, 0.4) is 0 Å². The van der Waals surface area contributed by atoms with Crippen LogP contribution in [0, 0.1) is 0 Å². The highest BCUT2D eigenvalue weighted by molar-refractivity contribution is 5.92. The van der Waals surface area contributed by atoms with E-state index < -0.39 is 5.91 Å². The van der Waals surface area contributed by atoms with Crippen molar-refractivity contribution in [2.45, 2.75) is 46.8 Å². The van der Waals surface area contributed by atoms with Gasteiger partial charge in [-0.3, -0.25) is 4.79 Å². The molecule has 0 saturated carbocycles. The van der Waals surface area contributed by atoms with E-state index in [0.717, 1.165) is 5.57 Å². The van der Waals surface area contributed by atoms with Crippen molar-refractivity contribution in [2.75, 3.05) is 13.2 Å². The summed E-state index contributed by atoms with van der Waals surface area (Å²) in [6, 6.07) is 0. The third kappa shape index (κ3) is 4.33. The number of hydrogen-bond donors (Lipinski definition) is 1. The van der Waals surface area contributed by atoms with Crippen molar-refractivity contribution in [1.82, 2.24) is 0 Å². The summed E-state index contributed by atoms with van der Waals surface area (Å²) in [5, 5.41) is 0. The molecule has 16 heavy (non-hydrogen) atoms. The molecule has 0 aliphatic heterocycles. The summed E-state index contributed by atoms with van der Waals surface area (Å²) in [6.07, 6.45) is -0.307. The number of primary amides is 1. The highest BCUT2D eigenvalue weighted by Crippen LogP contribution is 2.19. The maximum absolute atomic E-state index is 11.2. The van der Waals surface area contributed by atoms with Gasteiger partial charge in [-0.25, -0.2) is 0 Å². The molecule has 94 valence electrons. The quantitative estimate of drug-likeness (QED) is 0.675. The molecule has 0 saturated heterocycles. The van der Waals surface area contributed by atoms with Crippen LogP contribution in [0.25, 0.3) is 0 Å². The predicted molar refractivity (Wildman–Crippen MR) is 64.1 cm³/mol. The first-order chi connectivity index (χ1) is 7.45. The molecule has 2 unspecified atom stereocenters. The van der Waals surface area contributed by atoms with E-state index in [2.05, 4.69) is 0 Å². The molecule has 0 aliphatic carbocycles. The molecule has 0 bridgehead atoms. The van der Waals surface area contributed by atoms with Crippen molar-refractivity contribution < 1.29 is 14.3 Å². The lowest BCUT2D eigenvalue weighted by atomic mass is 9.99. The Morgan fingerprint density at radius 1 is 1.12 bits per heavy atom. The number of carbonyl (C=O) groups excluding carboxylic acids is 1. The molecule has 4 heteroatoms. The average molecular weight is 229 g/mol. The summed E-state index contributed by atoms with van der Waals surface area (Å²) in [7, 11) is 0. The fourth-order valence-corrected chi connectivity index (χ4v) is 1.76. The van der Waals surface area contributed by atoms with Crippen molar-refractivity contribution in [3.8, 4) is 0 Å². The van der Waals surface area contributed by atoms with E-state index in [-0.39, 0.29) is 12.2 Å². The van der Waals surface area contributed by atoms with Crippen molar-refractivity contribution in [3.63, 3.8) is 0 Å². The summed E-state index contributed by atoms with van der Waals surface area (Å²) >= 11 is 0. The van der Waals surface area contributed by atoms with Gasteiger partial charge in [-0.15, -0.1) is 0 Å². The Morgan fingerprint density at radius 3 is 1.75 bits per heavy atom. The molecule has 0 aliphatic rings. The standard InChI is InChI=1S/C12H23NO3/c1-6-15-9(4)11(8(3)12(13)14)10(5)16-7-2/h9-10H,6-7H2,1-5H3,(H2,13,14). The smallest absolute Gasteiger partial charge is 0.244 e. The van der Waals surface area contributed by atoms with Crippen LogP contribution in [0.1, 0.15) is 34.6 Å². The molecular weight excluding hydrogens is 206 g/mol. The highest BCUT2D eigenvalue weighted by Gasteiger charge is 2.21. The second-order valence-corrected chi connectivity index (χ2v) is 3.64. The number of carbonyl (C=O) groups is 1. The summed E-state index contributed by atoms with van der Waals surface area (Å²) in [4.78, 5) is 11.2. The monoisotopic (exact) mass is 229 g/mol. The Kier molecular flexibility index (Phi) is 7.01. The molecule has 2 N–H and O–H groups in total. The summed E-state index contributed by atoms with van der Waals surface area (Å²) in [6.45, 7) is 10.5. The van der Waals surface area contributed by atoms with Crippen LogP contribution in [0.5, 0.6) is 0 Å². The van der Waals surface area contributed by atoms with Gasteiger partial charge in [0.05, 0.1) is 12.2 Å². The third-order valence-electron chi connectivity index (χ3n) is 2.51. The van der Waals surface area contributed by atoms with Crippen LogP contribution in [-0.2, 0) is 14.3 Å². The number of amides is 1. The Hall–Kier alpha value is -0.870. The Balaban J connectivity index is 5.04. The minimum Gasteiger partial charge on any atom is -0.374 e. The zero-order valence-corrected chi connectivity index (χ0v) is 10.9. The van der Waals surface area contributed by atoms with Crippen molar-refractivity contribution in [1.29, 1.82) is 0 Å². The van der Waals surface area contributed by atoms with Gasteiger partial charge in [0.15, 0.2) is 0 Å². The van der Waals surface area contributed by atoms with Crippen LogP contribution < -0.4 is 5.73 Å². The first-order valence-electron chi connectivity index (χ1n) is 5.69. The third-order valence-corrected chi connectivity index (χ3v) is 2.51. The SMILES string of the molecule is CCOC(C)C(=C(C)C(N)=O)C(C)OCC. The molecule has 0 aromatic carbocycles. The lowest BCUT2D eigenvalue weighted by Crippen LogP contribution is -2.28. The lowest BCUT2D eigenvalue weighted by molar-refractivity contribution is -0.114. The van der Waals surface area contributed by atoms with Gasteiger partial charge in [0.2, 0.25) is 5.91 Å². The number of nitrogens with two attached hydrogens (primary N) is 1. The van der Waals surface area contributed by atoms with E-state index in [1.54, 1.807) is 6.92 Å². The summed E-state index contributed by atoms with van der Waals surface area (Å²) < 4.78 is 11.0. The summed E-state index contributed by atoms with van der Waals surface area (Å²) in [5.41, 5.74) is 6.66. The van der Waals surface area contributed by atoms with Crippen molar-refractivity contribution in [3.05, 3.63) is 11.1 Å². The lowest BCUT2D eigenvalue weighted by Gasteiger charge is -2.24. The maximum atomic E-state index is 11.2. The zero-order chi connectivity index (χ0) is 12.7.